The molecule has 0 unspecified atom stereocenters. The number of amides is 1. The Balaban J connectivity index is 1.39. The van der Waals surface area contributed by atoms with E-state index in [1.165, 1.54) is 17.7 Å². The minimum absolute atomic E-state index is 0.0204. The minimum atomic E-state index is -0.319. The lowest BCUT2D eigenvalue weighted by Crippen LogP contribution is -2.33. The van der Waals surface area contributed by atoms with E-state index in [9.17, 15) is 9.18 Å². The molecule has 0 aromatic heterocycles. The van der Waals surface area contributed by atoms with E-state index in [1.807, 2.05) is 12.1 Å². The molecule has 1 N–H and O–H groups in total. The molecule has 0 spiro atoms. The zero-order chi connectivity index (χ0) is 17.3. The van der Waals surface area contributed by atoms with E-state index in [1.54, 1.807) is 12.1 Å². The summed E-state index contributed by atoms with van der Waals surface area (Å²) in [6, 6.07) is 12.2. The lowest BCUT2D eigenvalue weighted by Gasteiger charge is -2.22. The van der Waals surface area contributed by atoms with Gasteiger partial charge in [-0.05, 0) is 48.2 Å². The largest absolute Gasteiger partial charge is 0.486 e. The molecule has 1 aliphatic heterocycles. The predicted octanol–water partition coefficient (Wildman–Crippen LogP) is 2.99. The molecule has 5 heteroatoms. The molecule has 0 atom stereocenters. The van der Waals surface area contributed by atoms with Gasteiger partial charge in [-0.15, -0.1) is 0 Å². The SMILES string of the molecule is O=C(Cc1cccc(F)c1)NCC1(c2ccc3c(c2)OCCO3)CC1. The second-order valence-electron chi connectivity index (χ2n) is 6.72. The van der Waals surface area contributed by atoms with Gasteiger partial charge in [0.25, 0.3) is 0 Å². The van der Waals surface area contributed by atoms with E-state index in [0.717, 1.165) is 24.3 Å². The van der Waals surface area contributed by atoms with E-state index in [2.05, 4.69) is 11.4 Å². The maximum absolute atomic E-state index is 13.2. The first-order valence-corrected chi connectivity index (χ1v) is 8.56. The van der Waals surface area contributed by atoms with Gasteiger partial charge in [0.05, 0.1) is 6.42 Å². The molecule has 0 radical (unpaired) electrons. The van der Waals surface area contributed by atoms with Crippen molar-refractivity contribution in [3.63, 3.8) is 0 Å². The molecule has 25 heavy (non-hydrogen) atoms. The van der Waals surface area contributed by atoms with Gasteiger partial charge in [-0.1, -0.05) is 18.2 Å². The molecule has 4 nitrogen and oxygen atoms in total. The quantitative estimate of drug-likeness (QED) is 0.909. The topological polar surface area (TPSA) is 47.6 Å². The van der Waals surface area contributed by atoms with Gasteiger partial charge in [-0.25, -0.2) is 4.39 Å². The lowest BCUT2D eigenvalue weighted by molar-refractivity contribution is -0.120. The molecule has 4 rings (SSSR count). The molecule has 1 saturated carbocycles. The van der Waals surface area contributed by atoms with E-state index in [-0.39, 0.29) is 23.6 Å². The third-order valence-electron chi connectivity index (χ3n) is 4.89. The highest BCUT2D eigenvalue weighted by atomic mass is 19.1. The summed E-state index contributed by atoms with van der Waals surface area (Å²) >= 11 is 0. The number of ether oxygens (including phenoxy) is 2. The van der Waals surface area contributed by atoms with Crippen LogP contribution in [-0.4, -0.2) is 25.7 Å². The van der Waals surface area contributed by atoms with Gasteiger partial charge in [0.15, 0.2) is 11.5 Å². The summed E-state index contributed by atoms with van der Waals surface area (Å²) in [5.41, 5.74) is 1.83. The molecule has 130 valence electrons. The van der Waals surface area contributed by atoms with Crippen LogP contribution in [0, 0.1) is 5.82 Å². The first-order chi connectivity index (χ1) is 12.1. The summed E-state index contributed by atoms with van der Waals surface area (Å²) in [5, 5.41) is 3.00. The van der Waals surface area contributed by atoms with Crippen LogP contribution in [0.15, 0.2) is 42.5 Å². The number of benzene rings is 2. The molecule has 1 amide bonds. The molecule has 2 aromatic rings. The zero-order valence-corrected chi connectivity index (χ0v) is 13.9. The number of rotatable bonds is 5. The van der Waals surface area contributed by atoms with E-state index in [4.69, 9.17) is 9.47 Å². The molecular weight excluding hydrogens is 321 g/mol. The van der Waals surface area contributed by atoms with Gasteiger partial charge in [-0.2, -0.15) is 0 Å². The molecule has 2 aliphatic rings. The Labute approximate surface area is 146 Å². The van der Waals surface area contributed by atoms with Gasteiger partial charge >= 0.3 is 0 Å². The second kappa shape index (κ2) is 6.39. The maximum atomic E-state index is 13.2. The van der Waals surface area contributed by atoms with Gasteiger partial charge in [0.1, 0.15) is 19.0 Å². The normalized spacial score (nSPS) is 17.0. The number of halogens is 1. The standard InChI is InChI=1S/C20H20FNO3/c21-16-3-1-2-14(10-16)11-19(23)22-13-20(6-7-20)15-4-5-17-18(12-15)25-9-8-24-17/h1-5,10,12H,6-9,11,13H2,(H,22,23). The molecule has 1 aliphatic carbocycles. The second-order valence-corrected chi connectivity index (χ2v) is 6.72. The average Bonchev–Trinajstić information content (AvgIpc) is 3.41. The highest BCUT2D eigenvalue weighted by molar-refractivity contribution is 5.78. The average molecular weight is 341 g/mol. The first kappa shape index (κ1) is 15.9. The van der Waals surface area contributed by atoms with Crippen LogP contribution < -0.4 is 14.8 Å². The number of hydrogen-bond acceptors (Lipinski definition) is 3. The molecule has 1 heterocycles. The summed E-state index contributed by atoms with van der Waals surface area (Å²) in [4.78, 5) is 12.2. The van der Waals surface area contributed by atoms with Gasteiger partial charge in [-0.3, -0.25) is 4.79 Å². The highest BCUT2D eigenvalue weighted by Crippen LogP contribution is 2.49. The fraction of sp³-hybridized carbons (Fsp3) is 0.350. The summed E-state index contributed by atoms with van der Waals surface area (Å²) in [5.74, 6) is 1.15. The van der Waals surface area contributed by atoms with Gasteiger partial charge in [0.2, 0.25) is 5.91 Å². The third kappa shape index (κ3) is 3.45. The fourth-order valence-electron chi connectivity index (χ4n) is 3.25. The van der Waals surface area contributed by atoms with Crippen LogP contribution in [0.4, 0.5) is 4.39 Å². The van der Waals surface area contributed by atoms with Crippen molar-refractivity contribution >= 4 is 5.91 Å². The highest BCUT2D eigenvalue weighted by Gasteiger charge is 2.44. The summed E-state index contributed by atoms with van der Waals surface area (Å²) in [6.45, 7) is 1.72. The Morgan fingerprint density at radius 2 is 1.88 bits per heavy atom. The Bertz CT molecular complexity index is 801. The van der Waals surface area contributed by atoms with Crippen molar-refractivity contribution in [1.82, 2.24) is 5.32 Å². The molecule has 1 fully saturated rings. The Morgan fingerprint density at radius 1 is 1.08 bits per heavy atom. The number of carbonyl (C=O) groups is 1. The minimum Gasteiger partial charge on any atom is -0.486 e. The van der Waals surface area contributed by atoms with Crippen molar-refractivity contribution in [3.05, 3.63) is 59.4 Å². The molecular formula is C20H20FNO3. The Hall–Kier alpha value is -2.56. The van der Waals surface area contributed by atoms with Crippen LogP contribution in [-0.2, 0) is 16.6 Å². The van der Waals surface area contributed by atoms with Crippen molar-refractivity contribution < 1.29 is 18.7 Å². The van der Waals surface area contributed by atoms with Crippen molar-refractivity contribution in [3.8, 4) is 11.5 Å². The zero-order valence-electron chi connectivity index (χ0n) is 13.9. The predicted molar refractivity (Wildman–Crippen MR) is 91.5 cm³/mol. The summed E-state index contributed by atoms with van der Waals surface area (Å²) in [6.07, 6.45) is 2.26. The maximum Gasteiger partial charge on any atom is 0.224 e. The number of nitrogens with one attached hydrogen (secondary N) is 1. The van der Waals surface area contributed by atoms with Crippen molar-refractivity contribution in [2.75, 3.05) is 19.8 Å². The first-order valence-electron chi connectivity index (χ1n) is 8.56. The van der Waals surface area contributed by atoms with E-state index in [0.29, 0.717) is 25.3 Å². The fourth-order valence-corrected chi connectivity index (χ4v) is 3.25. The number of carbonyl (C=O) groups excluding carboxylic acids is 1. The van der Waals surface area contributed by atoms with Crippen LogP contribution in [0.25, 0.3) is 0 Å². The van der Waals surface area contributed by atoms with Crippen LogP contribution in [0.3, 0.4) is 0 Å². The summed E-state index contributed by atoms with van der Waals surface area (Å²) in [7, 11) is 0. The van der Waals surface area contributed by atoms with Crippen LogP contribution >= 0.6 is 0 Å². The van der Waals surface area contributed by atoms with Gasteiger partial charge in [0, 0.05) is 12.0 Å². The van der Waals surface area contributed by atoms with E-state index >= 15 is 0 Å². The van der Waals surface area contributed by atoms with Crippen molar-refractivity contribution in [2.24, 2.45) is 0 Å². The van der Waals surface area contributed by atoms with Crippen LogP contribution in [0.5, 0.6) is 11.5 Å². The van der Waals surface area contributed by atoms with E-state index < -0.39 is 0 Å². The molecule has 0 bridgehead atoms. The van der Waals surface area contributed by atoms with Gasteiger partial charge < -0.3 is 14.8 Å². The number of fused-ring (bicyclic) bond motifs is 1. The molecule has 2 aromatic carbocycles. The van der Waals surface area contributed by atoms with Crippen molar-refractivity contribution in [1.29, 1.82) is 0 Å². The monoisotopic (exact) mass is 341 g/mol. The van der Waals surface area contributed by atoms with Crippen molar-refractivity contribution in [2.45, 2.75) is 24.7 Å². The molecule has 0 saturated heterocycles. The summed E-state index contributed by atoms with van der Waals surface area (Å²) < 4.78 is 24.4. The Morgan fingerprint density at radius 3 is 2.64 bits per heavy atom. The Kier molecular flexibility index (Phi) is 4.07. The van der Waals surface area contributed by atoms with Crippen LogP contribution in [0.2, 0.25) is 0 Å². The number of hydrogen-bond donors (Lipinski definition) is 1. The third-order valence-corrected chi connectivity index (χ3v) is 4.89. The smallest absolute Gasteiger partial charge is 0.224 e. The lowest BCUT2D eigenvalue weighted by atomic mass is 9.95. The van der Waals surface area contributed by atoms with Crippen LogP contribution in [0.1, 0.15) is 24.0 Å².